The van der Waals surface area contributed by atoms with Crippen molar-refractivity contribution in [2.45, 2.75) is 31.4 Å². The summed E-state index contributed by atoms with van der Waals surface area (Å²) in [6.45, 7) is 0. The maximum Gasteiger partial charge on any atom is 0.416 e. The normalized spacial score (nSPS) is 17.1. The number of carboxylic acid groups (broad SMARTS) is 1. The number of hydrogen-bond donors (Lipinski definition) is 1. The molecule has 120 valence electrons. The van der Waals surface area contributed by atoms with Crippen LogP contribution in [0.15, 0.2) is 42.5 Å². The molecule has 0 aliphatic heterocycles. The molecule has 23 heavy (non-hydrogen) atoms. The molecule has 0 spiro atoms. The van der Waals surface area contributed by atoms with E-state index in [4.69, 9.17) is 5.11 Å². The van der Waals surface area contributed by atoms with Gasteiger partial charge < -0.3 is 5.11 Å². The molecule has 1 aliphatic carbocycles. The maximum atomic E-state index is 12.8. The third-order valence-corrected chi connectivity index (χ3v) is 4.33. The standard InChI is InChI=1S/C18H15F3O2/c19-18(20,21)15-3-1-2-11(9-15)8-12-4-5-13-10-14(17(22)23)6-7-16(12)13/h1-3,6-7,9-10,12H,4-5,8H2,(H,22,23). The zero-order chi connectivity index (χ0) is 16.6. The van der Waals surface area contributed by atoms with Crippen LogP contribution in [-0.4, -0.2) is 11.1 Å². The van der Waals surface area contributed by atoms with Crippen molar-refractivity contribution < 1.29 is 23.1 Å². The van der Waals surface area contributed by atoms with Gasteiger partial charge in [-0.05, 0) is 60.1 Å². The second-order valence-electron chi connectivity index (χ2n) is 5.86. The molecule has 0 aromatic heterocycles. The van der Waals surface area contributed by atoms with Crippen LogP contribution in [0.25, 0.3) is 0 Å². The van der Waals surface area contributed by atoms with Crippen molar-refractivity contribution >= 4 is 5.97 Å². The molecule has 1 aliphatic rings. The van der Waals surface area contributed by atoms with Gasteiger partial charge in [0.25, 0.3) is 0 Å². The minimum absolute atomic E-state index is 0.135. The first-order valence-electron chi connectivity index (χ1n) is 7.37. The number of halogens is 3. The first-order valence-corrected chi connectivity index (χ1v) is 7.37. The Hall–Kier alpha value is -2.30. The fourth-order valence-corrected chi connectivity index (χ4v) is 3.21. The molecule has 0 fully saturated rings. The summed E-state index contributed by atoms with van der Waals surface area (Å²) < 4.78 is 38.4. The Bertz CT molecular complexity index is 750. The first kappa shape index (κ1) is 15.6. The van der Waals surface area contributed by atoms with E-state index in [9.17, 15) is 18.0 Å². The highest BCUT2D eigenvalue weighted by atomic mass is 19.4. The van der Waals surface area contributed by atoms with Crippen molar-refractivity contribution in [3.8, 4) is 0 Å². The number of benzene rings is 2. The van der Waals surface area contributed by atoms with Gasteiger partial charge in [0.15, 0.2) is 0 Å². The van der Waals surface area contributed by atoms with Crippen molar-refractivity contribution in [3.05, 3.63) is 70.3 Å². The molecular weight excluding hydrogens is 305 g/mol. The highest BCUT2D eigenvalue weighted by Gasteiger charge is 2.31. The van der Waals surface area contributed by atoms with Crippen molar-refractivity contribution in [1.82, 2.24) is 0 Å². The molecule has 0 saturated heterocycles. The molecule has 1 atom stereocenters. The highest BCUT2D eigenvalue weighted by molar-refractivity contribution is 5.88. The molecule has 2 nitrogen and oxygen atoms in total. The van der Waals surface area contributed by atoms with E-state index >= 15 is 0 Å². The van der Waals surface area contributed by atoms with E-state index in [-0.39, 0.29) is 11.5 Å². The van der Waals surface area contributed by atoms with Gasteiger partial charge in [-0.1, -0.05) is 24.3 Å². The topological polar surface area (TPSA) is 37.3 Å². The smallest absolute Gasteiger partial charge is 0.416 e. The maximum absolute atomic E-state index is 12.8. The van der Waals surface area contributed by atoms with Crippen LogP contribution in [0.5, 0.6) is 0 Å². The van der Waals surface area contributed by atoms with Gasteiger partial charge in [0.2, 0.25) is 0 Å². The predicted octanol–water partition coefficient (Wildman–Crippen LogP) is 4.68. The number of fused-ring (bicyclic) bond motifs is 1. The molecule has 3 rings (SSSR count). The molecule has 1 unspecified atom stereocenters. The fourth-order valence-electron chi connectivity index (χ4n) is 3.21. The Morgan fingerprint density at radius 1 is 1.17 bits per heavy atom. The van der Waals surface area contributed by atoms with Crippen molar-refractivity contribution in [3.63, 3.8) is 0 Å². The number of aromatic carboxylic acids is 1. The summed E-state index contributed by atoms with van der Waals surface area (Å²) in [5.74, 6) is -0.828. The Morgan fingerprint density at radius 3 is 2.65 bits per heavy atom. The number of carbonyl (C=O) groups is 1. The van der Waals surface area contributed by atoms with Gasteiger partial charge in [-0.25, -0.2) is 4.79 Å². The number of carboxylic acids is 1. The van der Waals surface area contributed by atoms with E-state index in [0.29, 0.717) is 12.0 Å². The summed E-state index contributed by atoms with van der Waals surface area (Å²) in [6, 6.07) is 10.4. The van der Waals surface area contributed by atoms with Crippen LogP contribution < -0.4 is 0 Å². The third kappa shape index (κ3) is 3.23. The van der Waals surface area contributed by atoms with Crippen LogP contribution >= 0.6 is 0 Å². The van der Waals surface area contributed by atoms with Gasteiger partial charge >= 0.3 is 12.1 Å². The molecule has 5 heteroatoms. The van der Waals surface area contributed by atoms with E-state index in [1.54, 1.807) is 24.3 Å². The predicted molar refractivity (Wildman–Crippen MR) is 79.6 cm³/mol. The lowest BCUT2D eigenvalue weighted by molar-refractivity contribution is -0.137. The van der Waals surface area contributed by atoms with Crippen molar-refractivity contribution in [1.29, 1.82) is 0 Å². The van der Waals surface area contributed by atoms with Gasteiger partial charge in [-0.15, -0.1) is 0 Å². The largest absolute Gasteiger partial charge is 0.478 e. The molecule has 2 aromatic carbocycles. The number of hydrogen-bond acceptors (Lipinski definition) is 1. The minimum atomic E-state index is -4.33. The van der Waals surface area contributed by atoms with Crippen LogP contribution in [0, 0.1) is 0 Å². The number of rotatable bonds is 3. The van der Waals surface area contributed by atoms with E-state index < -0.39 is 17.7 Å². The molecule has 0 saturated carbocycles. The van der Waals surface area contributed by atoms with Crippen molar-refractivity contribution in [2.24, 2.45) is 0 Å². The number of aryl methyl sites for hydroxylation is 1. The molecule has 1 N–H and O–H groups in total. The Balaban J connectivity index is 1.83. The van der Waals surface area contributed by atoms with Gasteiger partial charge in [0, 0.05) is 0 Å². The average Bonchev–Trinajstić information content (AvgIpc) is 2.89. The Kier molecular flexibility index (Phi) is 3.88. The summed E-state index contributed by atoms with van der Waals surface area (Å²) in [4.78, 5) is 11.0. The van der Waals surface area contributed by atoms with E-state index in [1.165, 1.54) is 12.1 Å². The van der Waals surface area contributed by atoms with Crippen LogP contribution in [0.2, 0.25) is 0 Å². The van der Waals surface area contributed by atoms with Crippen LogP contribution in [0.3, 0.4) is 0 Å². The molecule has 0 amide bonds. The second kappa shape index (κ2) is 5.72. The zero-order valence-corrected chi connectivity index (χ0v) is 12.2. The van der Waals surface area contributed by atoms with Crippen LogP contribution in [-0.2, 0) is 19.0 Å². The van der Waals surface area contributed by atoms with E-state index in [0.717, 1.165) is 30.0 Å². The lowest BCUT2D eigenvalue weighted by Gasteiger charge is -2.14. The number of alkyl halides is 3. The molecular formula is C18H15F3O2. The van der Waals surface area contributed by atoms with Gasteiger partial charge in [0.05, 0.1) is 11.1 Å². The Labute approximate surface area is 131 Å². The monoisotopic (exact) mass is 320 g/mol. The summed E-state index contributed by atoms with van der Waals surface area (Å²) >= 11 is 0. The van der Waals surface area contributed by atoms with Gasteiger partial charge in [0.1, 0.15) is 0 Å². The summed E-state index contributed by atoms with van der Waals surface area (Å²) in [5.41, 5.74) is 2.31. The third-order valence-electron chi connectivity index (χ3n) is 4.33. The molecule has 2 aromatic rings. The zero-order valence-electron chi connectivity index (χ0n) is 12.2. The summed E-state index contributed by atoms with van der Waals surface area (Å²) in [5, 5.41) is 9.02. The lowest BCUT2D eigenvalue weighted by atomic mass is 9.92. The second-order valence-corrected chi connectivity index (χ2v) is 5.86. The minimum Gasteiger partial charge on any atom is -0.478 e. The SMILES string of the molecule is O=C(O)c1ccc2c(c1)CCC2Cc1cccc(C(F)(F)F)c1. The van der Waals surface area contributed by atoms with Gasteiger partial charge in [-0.2, -0.15) is 13.2 Å². The molecule has 0 radical (unpaired) electrons. The first-order chi connectivity index (χ1) is 10.8. The molecule has 0 bridgehead atoms. The lowest BCUT2D eigenvalue weighted by Crippen LogP contribution is -2.06. The van der Waals surface area contributed by atoms with Crippen LogP contribution in [0.1, 0.15) is 45.0 Å². The fraction of sp³-hybridized carbons (Fsp3) is 0.278. The molecule has 0 heterocycles. The average molecular weight is 320 g/mol. The van der Waals surface area contributed by atoms with Crippen molar-refractivity contribution in [2.75, 3.05) is 0 Å². The summed E-state index contributed by atoms with van der Waals surface area (Å²) in [7, 11) is 0. The van der Waals surface area contributed by atoms with E-state index in [2.05, 4.69) is 0 Å². The summed E-state index contributed by atoms with van der Waals surface area (Å²) in [6.07, 6.45) is -2.21. The van der Waals surface area contributed by atoms with Gasteiger partial charge in [-0.3, -0.25) is 0 Å². The quantitative estimate of drug-likeness (QED) is 0.892. The van der Waals surface area contributed by atoms with Crippen LogP contribution in [0.4, 0.5) is 13.2 Å². The van der Waals surface area contributed by atoms with E-state index in [1.807, 2.05) is 0 Å². The Morgan fingerprint density at radius 2 is 1.96 bits per heavy atom. The highest BCUT2D eigenvalue weighted by Crippen LogP contribution is 2.37.